The van der Waals surface area contributed by atoms with Gasteiger partial charge in [-0.3, -0.25) is 4.90 Å². The van der Waals surface area contributed by atoms with Crippen molar-refractivity contribution in [3.8, 4) is 5.75 Å². The molecule has 0 aromatic heterocycles. The number of nitrogens with one attached hydrogen (secondary N) is 2. The van der Waals surface area contributed by atoms with Crippen LogP contribution in [0, 0.1) is 11.8 Å². The van der Waals surface area contributed by atoms with Gasteiger partial charge in [0.2, 0.25) is 0 Å². The van der Waals surface area contributed by atoms with Gasteiger partial charge in [-0.1, -0.05) is 32.9 Å². The maximum Gasteiger partial charge on any atom is 0.314 e. The lowest BCUT2D eigenvalue weighted by atomic mass is 9.95. The molecule has 1 heterocycles. The molecule has 0 aliphatic carbocycles. The smallest absolute Gasteiger partial charge is 0.314 e. The Labute approximate surface area is 152 Å². The molecule has 140 valence electrons. The van der Waals surface area contributed by atoms with E-state index in [9.17, 15) is 4.79 Å². The van der Waals surface area contributed by atoms with Crippen molar-refractivity contribution in [2.24, 2.45) is 11.8 Å². The number of amides is 2. The standard InChI is InChI=1S/C20H33N3O2/c1-15(2)13-21-20(24)22-14-19(23-11-9-16(3)10-12-23)17-5-7-18(25-4)8-6-17/h5-8,15-16,19H,9-14H2,1-4H3,(H2,21,22,24). The molecular weight excluding hydrogens is 314 g/mol. The zero-order valence-corrected chi connectivity index (χ0v) is 16.0. The van der Waals surface area contributed by atoms with Gasteiger partial charge < -0.3 is 15.4 Å². The van der Waals surface area contributed by atoms with E-state index in [-0.39, 0.29) is 12.1 Å². The number of nitrogens with zero attached hydrogens (tertiary/aromatic N) is 1. The number of carbonyl (C=O) groups is 1. The fourth-order valence-electron chi connectivity index (χ4n) is 3.17. The lowest BCUT2D eigenvalue weighted by Crippen LogP contribution is -2.45. The third kappa shape index (κ3) is 6.24. The molecule has 1 fully saturated rings. The van der Waals surface area contributed by atoms with Crippen LogP contribution < -0.4 is 15.4 Å². The van der Waals surface area contributed by atoms with Crippen molar-refractivity contribution in [2.45, 2.75) is 39.7 Å². The maximum atomic E-state index is 12.1. The van der Waals surface area contributed by atoms with E-state index in [4.69, 9.17) is 4.74 Å². The molecule has 1 aliphatic rings. The first-order valence-electron chi connectivity index (χ1n) is 9.39. The monoisotopic (exact) mass is 347 g/mol. The third-order valence-corrected chi connectivity index (χ3v) is 4.89. The first-order valence-corrected chi connectivity index (χ1v) is 9.39. The molecule has 0 radical (unpaired) electrons. The molecule has 1 aromatic carbocycles. The topological polar surface area (TPSA) is 53.6 Å². The van der Waals surface area contributed by atoms with E-state index < -0.39 is 0 Å². The number of urea groups is 1. The number of rotatable bonds is 7. The van der Waals surface area contributed by atoms with Crippen LogP contribution in [-0.4, -0.2) is 44.2 Å². The van der Waals surface area contributed by atoms with E-state index in [0.717, 1.165) is 24.8 Å². The summed E-state index contributed by atoms with van der Waals surface area (Å²) in [6, 6.07) is 8.31. The van der Waals surface area contributed by atoms with Crippen molar-refractivity contribution in [1.82, 2.24) is 15.5 Å². The number of benzene rings is 1. The summed E-state index contributed by atoms with van der Waals surface area (Å²) < 4.78 is 5.27. The van der Waals surface area contributed by atoms with E-state index in [2.05, 4.69) is 48.4 Å². The molecule has 1 atom stereocenters. The van der Waals surface area contributed by atoms with Crippen molar-refractivity contribution in [3.63, 3.8) is 0 Å². The summed E-state index contributed by atoms with van der Waals surface area (Å²) in [5, 5.41) is 5.98. The van der Waals surface area contributed by atoms with E-state index in [1.165, 1.54) is 18.4 Å². The van der Waals surface area contributed by atoms with Crippen LogP contribution in [0.5, 0.6) is 5.75 Å². The minimum atomic E-state index is -0.0856. The summed E-state index contributed by atoms with van der Waals surface area (Å²) in [6.45, 7) is 9.97. The molecule has 0 bridgehead atoms. The first-order chi connectivity index (χ1) is 12.0. The molecule has 1 saturated heterocycles. The van der Waals surface area contributed by atoms with E-state index in [1.54, 1.807) is 7.11 Å². The second kappa shape index (κ2) is 9.66. The highest BCUT2D eigenvalue weighted by Gasteiger charge is 2.25. The molecule has 5 nitrogen and oxygen atoms in total. The second-order valence-electron chi connectivity index (χ2n) is 7.49. The van der Waals surface area contributed by atoms with Crippen LogP contribution in [0.2, 0.25) is 0 Å². The van der Waals surface area contributed by atoms with Crippen molar-refractivity contribution in [2.75, 3.05) is 33.3 Å². The van der Waals surface area contributed by atoms with Crippen LogP contribution in [0.3, 0.4) is 0 Å². The van der Waals surface area contributed by atoms with Crippen LogP contribution in [0.4, 0.5) is 4.79 Å². The normalized spacial score (nSPS) is 17.3. The number of likely N-dealkylation sites (tertiary alicyclic amines) is 1. The quantitative estimate of drug-likeness (QED) is 0.794. The highest BCUT2D eigenvalue weighted by atomic mass is 16.5. The molecule has 2 amide bonds. The summed E-state index contributed by atoms with van der Waals surface area (Å²) in [5.41, 5.74) is 1.22. The third-order valence-electron chi connectivity index (χ3n) is 4.89. The SMILES string of the molecule is COc1ccc(C(CNC(=O)NCC(C)C)N2CCC(C)CC2)cc1. The van der Waals surface area contributed by atoms with Gasteiger partial charge in [-0.25, -0.2) is 4.79 Å². The van der Waals surface area contributed by atoms with Gasteiger partial charge in [-0.2, -0.15) is 0 Å². The Hall–Kier alpha value is -1.75. The van der Waals surface area contributed by atoms with Crippen LogP contribution in [0.15, 0.2) is 24.3 Å². The Kier molecular flexibility index (Phi) is 7.56. The highest BCUT2D eigenvalue weighted by Crippen LogP contribution is 2.27. The van der Waals surface area contributed by atoms with Gasteiger partial charge >= 0.3 is 6.03 Å². The van der Waals surface area contributed by atoms with Gasteiger partial charge in [0.05, 0.1) is 13.2 Å². The molecule has 0 saturated carbocycles. The van der Waals surface area contributed by atoms with Crippen molar-refractivity contribution in [1.29, 1.82) is 0 Å². The average molecular weight is 348 g/mol. The molecule has 25 heavy (non-hydrogen) atoms. The van der Waals surface area contributed by atoms with Crippen LogP contribution in [0.25, 0.3) is 0 Å². The minimum absolute atomic E-state index is 0.0856. The van der Waals surface area contributed by atoms with Crippen LogP contribution in [-0.2, 0) is 0 Å². The van der Waals surface area contributed by atoms with Crippen molar-refractivity contribution >= 4 is 6.03 Å². The lowest BCUT2D eigenvalue weighted by Gasteiger charge is -2.37. The number of ether oxygens (including phenoxy) is 1. The van der Waals surface area contributed by atoms with Gasteiger partial charge in [0.25, 0.3) is 0 Å². The average Bonchev–Trinajstić information content (AvgIpc) is 2.62. The van der Waals surface area contributed by atoms with E-state index in [1.807, 2.05) is 12.1 Å². The predicted octanol–water partition coefficient (Wildman–Crippen LogP) is 3.42. The summed E-state index contributed by atoms with van der Waals surface area (Å²) >= 11 is 0. The molecule has 2 rings (SSSR count). The maximum absolute atomic E-state index is 12.1. The van der Waals surface area contributed by atoms with Crippen LogP contribution >= 0.6 is 0 Å². The molecule has 0 spiro atoms. The second-order valence-corrected chi connectivity index (χ2v) is 7.49. The Morgan fingerprint density at radius 1 is 1.16 bits per heavy atom. The minimum Gasteiger partial charge on any atom is -0.497 e. The lowest BCUT2D eigenvalue weighted by molar-refractivity contribution is 0.136. The van der Waals surface area contributed by atoms with Gasteiger partial charge in [-0.05, 0) is 55.5 Å². The Balaban J connectivity index is 2.02. The molecule has 1 unspecified atom stereocenters. The number of piperidine rings is 1. The van der Waals surface area contributed by atoms with Gasteiger partial charge in [0, 0.05) is 13.1 Å². The Bertz CT molecular complexity index is 522. The van der Waals surface area contributed by atoms with Gasteiger partial charge in [-0.15, -0.1) is 0 Å². The zero-order valence-electron chi connectivity index (χ0n) is 16.0. The molecule has 2 N–H and O–H groups in total. The van der Waals surface area contributed by atoms with Crippen molar-refractivity contribution in [3.05, 3.63) is 29.8 Å². The fourth-order valence-corrected chi connectivity index (χ4v) is 3.17. The number of hydrogen-bond acceptors (Lipinski definition) is 3. The summed E-state index contributed by atoms with van der Waals surface area (Å²) in [6.07, 6.45) is 2.43. The fraction of sp³-hybridized carbons (Fsp3) is 0.650. The Morgan fingerprint density at radius 2 is 1.76 bits per heavy atom. The summed E-state index contributed by atoms with van der Waals surface area (Å²) in [7, 11) is 1.68. The molecule has 1 aromatic rings. The molecule has 1 aliphatic heterocycles. The number of methoxy groups -OCH3 is 1. The predicted molar refractivity (Wildman–Crippen MR) is 102 cm³/mol. The summed E-state index contributed by atoms with van der Waals surface area (Å²) in [5.74, 6) is 2.10. The molecular formula is C20H33N3O2. The number of hydrogen-bond donors (Lipinski definition) is 2. The van der Waals surface area contributed by atoms with E-state index in [0.29, 0.717) is 19.0 Å². The Morgan fingerprint density at radius 3 is 2.32 bits per heavy atom. The summed E-state index contributed by atoms with van der Waals surface area (Å²) in [4.78, 5) is 14.5. The largest absolute Gasteiger partial charge is 0.497 e. The van der Waals surface area contributed by atoms with E-state index >= 15 is 0 Å². The molecule has 5 heteroatoms. The zero-order chi connectivity index (χ0) is 18.2. The van der Waals surface area contributed by atoms with Crippen molar-refractivity contribution < 1.29 is 9.53 Å². The highest BCUT2D eigenvalue weighted by molar-refractivity contribution is 5.73. The van der Waals surface area contributed by atoms with Gasteiger partial charge in [0.15, 0.2) is 0 Å². The number of carbonyl (C=O) groups excluding carboxylic acids is 1. The first kappa shape index (κ1) is 19.6. The van der Waals surface area contributed by atoms with Gasteiger partial charge in [0.1, 0.15) is 5.75 Å². The van der Waals surface area contributed by atoms with Crippen LogP contribution in [0.1, 0.15) is 45.2 Å².